The molecule has 224 valence electrons. The Kier molecular flexibility index (Phi) is 11.3. The van der Waals surface area contributed by atoms with Crippen LogP contribution in [-0.4, -0.2) is 100 Å². The standard InChI is InChI=1S/C23H26BrClN6O4.C5H12O/c1-28-19(24)12-26-21(28)22(34)27-16-2-3-17(18(25)11-16)23(35)31-8-6-30(7-9-31)20(33)10-15-4-5-29(13-15)14-32;1-5(2,3)6-4/h2-3,11-12,14-15H,4-10,13H2,1H3,(H,27,34);1-4H3/t15-;/m0./s1. The highest BCUT2D eigenvalue weighted by molar-refractivity contribution is 9.10. The molecule has 2 aliphatic heterocycles. The SMILES string of the molecule is COC(C)(C)C.Cn1c(Br)cnc1C(=O)Nc1ccc(C(=O)N2CCN(C(=O)C[C@@H]3CCN(C=O)C3)CC2)c(Cl)c1. The number of amides is 4. The predicted octanol–water partition coefficient (Wildman–Crippen LogP) is 3.67. The number of ether oxygens (including phenoxy) is 1. The van der Waals surface area contributed by atoms with Gasteiger partial charge in [-0.25, -0.2) is 4.98 Å². The summed E-state index contributed by atoms with van der Waals surface area (Å²) in [4.78, 5) is 58.3. The number of rotatable bonds is 6. The molecule has 2 aromatic rings. The molecule has 4 rings (SSSR count). The van der Waals surface area contributed by atoms with Gasteiger partial charge in [0.15, 0.2) is 5.82 Å². The minimum absolute atomic E-state index is 0.0417. The lowest BCUT2D eigenvalue weighted by Crippen LogP contribution is -2.51. The number of hydrogen-bond acceptors (Lipinski definition) is 6. The van der Waals surface area contributed by atoms with E-state index in [2.05, 4.69) is 26.2 Å². The second-order valence-corrected chi connectivity index (χ2v) is 12.3. The van der Waals surface area contributed by atoms with Crippen molar-refractivity contribution in [1.82, 2.24) is 24.3 Å². The van der Waals surface area contributed by atoms with E-state index in [1.807, 2.05) is 20.8 Å². The van der Waals surface area contributed by atoms with Gasteiger partial charge in [-0.05, 0) is 67.2 Å². The van der Waals surface area contributed by atoms with E-state index < -0.39 is 5.91 Å². The van der Waals surface area contributed by atoms with Crippen molar-refractivity contribution in [3.8, 4) is 0 Å². The third-order valence-corrected chi connectivity index (χ3v) is 8.10. The lowest BCUT2D eigenvalue weighted by molar-refractivity contribution is -0.133. The van der Waals surface area contributed by atoms with Crippen LogP contribution < -0.4 is 5.32 Å². The van der Waals surface area contributed by atoms with Gasteiger partial charge in [-0.15, -0.1) is 0 Å². The molecule has 0 radical (unpaired) electrons. The number of halogens is 2. The molecule has 2 fully saturated rings. The molecule has 1 N–H and O–H groups in total. The average Bonchev–Trinajstić information content (AvgIpc) is 3.54. The normalized spacial score (nSPS) is 17.1. The Labute approximate surface area is 254 Å². The van der Waals surface area contributed by atoms with Crippen molar-refractivity contribution in [1.29, 1.82) is 0 Å². The molecule has 11 nitrogen and oxygen atoms in total. The molecule has 1 aromatic heterocycles. The second-order valence-electron chi connectivity index (χ2n) is 11.1. The van der Waals surface area contributed by atoms with Crippen LogP contribution in [0.3, 0.4) is 0 Å². The van der Waals surface area contributed by atoms with Gasteiger partial charge in [0, 0.05) is 65.5 Å². The Morgan fingerprint density at radius 3 is 2.29 bits per heavy atom. The van der Waals surface area contributed by atoms with E-state index in [-0.39, 0.29) is 34.2 Å². The van der Waals surface area contributed by atoms with E-state index in [9.17, 15) is 19.2 Å². The number of hydrogen-bond donors (Lipinski definition) is 1. The lowest BCUT2D eigenvalue weighted by Gasteiger charge is -2.35. The first kappa shape index (κ1) is 32.6. The summed E-state index contributed by atoms with van der Waals surface area (Å²) >= 11 is 9.69. The molecule has 0 bridgehead atoms. The van der Waals surface area contributed by atoms with Crippen LogP contribution in [0, 0.1) is 5.92 Å². The second kappa shape index (κ2) is 14.3. The Hall–Kier alpha value is -2.96. The number of carbonyl (C=O) groups excluding carboxylic acids is 4. The number of aromatic nitrogens is 2. The zero-order valence-corrected chi connectivity index (χ0v) is 26.5. The topological polar surface area (TPSA) is 117 Å². The molecular weight excluding hydrogens is 616 g/mol. The number of likely N-dealkylation sites (tertiary alicyclic amines) is 1. The molecule has 1 atom stereocenters. The van der Waals surface area contributed by atoms with Crippen LogP contribution in [-0.2, 0) is 21.4 Å². The van der Waals surface area contributed by atoms with Crippen molar-refractivity contribution < 1.29 is 23.9 Å². The molecule has 0 saturated carbocycles. The van der Waals surface area contributed by atoms with Gasteiger partial charge in [0.05, 0.1) is 22.4 Å². The maximum absolute atomic E-state index is 13.0. The van der Waals surface area contributed by atoms with Crippen LogP contribution in [0.4, 0.5) is 5.69 Å². The van der Waals surface area contributed by atoms with Gasteiger partial charge in [-0.3, -0.25) is 19.2 Å². The number of piperazine rings is 1. The molecule has 0 aliphatic carbocycles. The summed E-state index contributed by atoms with van der Waals surface area (Å²) in [6, 6.07) is 4.75. The molecular formula is C28H38BrClN6O5. The number of nitrogens with zero attached hydrogens (tertiary/aromatic N) is 5. The van der Waals surface area contributed by atoms with E-state index in [4.69, 9.17) is 16.3 Å². The van der Waals surface area contributed by atoms with Crippen LogP contribution in [0.5, 0.6) is 0 Å². The van der Waals surface area contributed by atoms with Crippen LogP contribution in [0.2, 0.25) is 5.02 Å². The Balaban J connectivity index is 0.000000696. The first-order valence-electron chi connectivity index (χ1n) is 13.4. The third kappa shape index (κ3) is 9.01. The lowest BCUT2D eigenvalue weighted by atomic mass is 10.0. The van der Waals surface area contributed by atoms with Gasteiger partial charge >= 0.3 is 0 Å². The monoisotopic (exact) mass is 652 g/mol. The largest absolute Gasteiger partial charge is 0.379 e. The molecule has 0 spiro atoms. The number of carbonyl (C=O) groups is 4. The minimum atomic E-state index is -0.398. The summed E-state index contributed by atoms with van der Waals surface area (Å²) in [5.74, 6) is -0.123. The fourth-order valence-corrected chi connectivity index (χ4v) is 4.92. The van der Waals surface area contributed by atoms with Crippen LogP contribution in [0.15, 0.2) is 29.0 Å². The molecule has 41 heavy (non-hydrogen) atoms. The average molecular weight is 654 g/mol. The smallest absolute Gasteiger partial charge is 0.291 e. The van der Waals surface area contributed by atoms with E-state index >= 15 is 0 Å². The fraction of sp³-hybridized carbons (Fsp3) is 0.536. The van der Waals surface area contributed by atoms with Crippen LogP contribution in [0.1, 0.15) is 54.6 Å². The van der Waals surface area contributed by atoms with Gasteiger partial charge in [0.1, 0.15) is 4.60 Å². The van der Waals surface area contributed by atoms with Crippen molar-refractivity contribution in [2.45, 2.75) is 39.2 Å². The first-order valence-corrected chi connectivity index (χ1v) is 14.6. The van der Waals surface area contributed by atoms with Crippen molar-refractivity contribution in [2.75, 3.05) is 51.7 Å². The number of imidazole rings is 1. The molecule has 4 amide bonds. The molecule has 2 saturated heterocycles. The fourth-order valence-electron chi connectivity index (χ4n) is 4.38. The Bertz CT molecular complexity index is 1260. The van der Waals surface area contributed by atoms with Gasteiger partial charge in [0.2, 0.25) is 12.3 Å². The highest BCUT2D eigenvalue weighted by Gasteiger charge is 2.29. The summed E-state index contributed by atoms with van der Waals surface area (Å²) in [5.41, 5.74) is 0.829. The number of nitrogens with one attached hydrogen (secondary N) is 1. The highest BCUT2D eigenvalue weighted by atomic mass is 79.9. The quantitative estimate of drug-likeness (QED) is 0.476. The summed E-state index contributed by atoms with van der Waals surface area (Å²) < 4.78 is 7.21. The van der Waals surface area contributed by atoms with Gasteiger partial charge in [0.25, 0.3) is 11.8 Å². The zero-order chi connectivity index (χ0) is 30.3. The summed E-state index contributed by atoms with van der Waals surface area (Å²) in [6.07, 6.45) is 3.64. The first-order chi connectivity index (χ1) is 19.3. The van der Waals surface area contributed by atoms with Gasteiger partial charge in [-0.1, -0.05) is 11.6 Å². The maximum Gasteiger partial charge on any atom is 0.291 e. The van der Waals surface area contributed by atoms with Gasteiger partial charge < -0.3 is 29.3 Å². The zero-order valence-electron chi connectivity index (χ0n) is 24.2. The Morgan fingerprint density at radius 1 is 1.15 bits per heavy atom. The van der Waals surface area contributed by atoms with Crippen molar-refractivity contribution in [2.24, 2.45) is 13.0 Å². The number of benzene rings is 1. The van der Waals surface area contributed by atoms with Crippen molar-refractivity contribution >= 4 is 57.3 Å². The van der Waals surface area contributed by atoms with Crippen molar-refractivity contribution in [3.05, 3.63) is 45.4 Å². The number of anilines is 1. The molecule has 3 heterocycles. The molecule has 1 aromatic carbocycles. The highest BCUT2D eigenvalue weighted by Crippen LogP contribution is 2.24. The van der Waals surface area contributed by atoms with Crippen LogP contribution >= 0.6 is 27.5 Å². The van der Waals surface area contributed by atoms with Crippen LogP contribution in [0.25, 0.3) is 0 Å². The van der Waals surface area contributed by atoms with E-state index in [1.54, 1.807) is 45.6 Å². The predicted molar refractivity (Wildman–Crippen MR) is 160 cm³/mol. The third-order valence-electron chi connectivity index (χ3n) is 7.05. The molecule has 0 unspecified atom stereocenters. The summed E-state index contributed by atoms with van der Waals surface area (Å²) in [7, 11) is 3.42. The minimum Gasteiger partial charge on any atom is -0.379 e. The number of methoxy groups -OCH3 is 1. The van der Waals surface area contributed by atoms with Crippen molar-refractivity contribution in [3.63, 3.8) is 0 Å². The summed E-state index contributed by atoms with van der Waals surface area (Å²) in [6.45, 7) is 9.14. The molecule has 2 aliphatic rings. The van der Waals surface area contributed by atoms with E-state index in [1.165, 1.54) is 12.3 Å². The molecule has 13 heteroatoms. The van der Waals surface area contributed by atoms with Gasteiger partial charge in [-0.2, -0.15) is 0 Å². The maximum atomic E-state index is 13.0. The van der Waals surface area contributed by atoms with E-state index in [0.29, 0.717) is 61.5 Å². The Morgan fingerprint density at radius 2 is 1.78 bits per heavy atom. The summed E-state index contributed by atoms with van der Waals surface area (Å²) in [5, 5.41) is 2.96. The van der Waals surface area contributed by atoms with E-state index in [0.717, 1.165) is 12.8 Å².